The van der Waals surface area contributed by atoms with E-state index in [0.29, 0.717) is 10.7 Å². The van der Waals surface area contributed by atoms with Gasteiger partial charge in [-0.15, -0.1) is 0 Å². The number of nitrogens with zero attached hydrogens (tertiary/aromatic N) is 1. The molecule has 14 heavy (non-hydrogen) atoms. The first kappa shape index (κ1) is 11.4. The van der Waals surface area contributed by atoms with E-state index in [9.17, 15) is 5.11 Å². The van der Waals surface area contributed by atoms with Gasteiger partial charge in [0.25, 0.3) is 0 Å². The molecule has 0 amide bonds. The molecule has 0 saturated carbocycles. The number of aliphatic hydroxyl groups is 1. The van der Waals surface area contributed by atoms with E-state index in [-0.39, 0.29) is 12.0 Å². The Morgan fingerprint density at radius 3 is 2.64 bits per heavy atom. The van der Waals surface area contributed by atoms with Crippen molar-refractivity contribution in [3.05, 3.63) is 29.0 Å². The van der Waals surface area contributed by atoms with Crippen LogP contribution in [0.1, 0.15) is 25.5 Å². The third kappa shape index (κ3) is 2.44. The van der Waals surface area contributed by atoms with Gasteiger partial charge >= 0.3 is 0 Å². The van der Waals surface area contributed by atoms with Gasteiger partial charge in [-0.2, -0.15) is 0 Å². The van der Waals surface area contributed by atoms with Crippen LogP contribution in [0.15, 0.2) is 18.3 Å². The van der Waals surface area contributed by atoms with E-state index in [2.05, 4.69) is 4.98 Å². The molecule has 78 valence electrons. The minimum Gasteiger partial charge on any atom is -0.387 e. The molecule has 3 nitrogen and oxygen atoms in total. The normalized spacial score (nSPS) is 15.6. The summed E-state index contributed by atoms with van der Waals surface area (Å²) in [6.07, 6.45) is 0.829. The molecule has 0 fully saturated rings. The molecule has 2 unspecified atom stereocenters. The second-order valence-corrected chi connectivity index (χ2v) is 4.01. The summed E-state index contributed by atoms with van der Waals surface area (Å²) in [6, 6.07) is 3.15. The van der Waals surface area contributed by atoms with Gasteiger partial charge in [0.1, 0.15) is 5.15 Å². The monoisotopic (exact) mass is 214 g/mol. The van der Waals surface area contributed by atoms with E-state index in [1.165, 1.54) is 0 Å². The fraction of sp³-hybridized carbons (Fsp3) is 0.500. The molecule has 1 aromatic heterocycles. The van der Waals surface area contributed by atoms with Crippen LogP contribution in [0.25, 0.3) is 0 Å². The van der Waals surface area contributed by atoms with Crippen LogP contribution in [0.2, 0.25) is 5.15 Å². The number of pyridine rings is 1. The number of nitrogens with two attached hydrogens (primary N) is 1. The molecule has 3 N–H and O–H groups in total. The van der Waals surface area contributed by atoms with Crippen LogP contribution in [-0.2, 0) is 0 Å². The molecular formula is C10H15ClN2O. The summed E-state index contributed by atoms with van der Waals surface area (Å²) in [5.41, 5.74) is 6.42. The van der Waals surface area contributed by atoms with Gasteiger partial charge in [0.2, 0.25) is 0 Å². The lowest BCUT2D eigenvalue weighted by Crippen LogP contribution is -2.33. The summed E-state index contributed by atoms with van der Waals surface area (Å²) in [5.74, 6) is 0.196. The Bertz CT molecular complexity index is 304. The van der Waals surface area contributed by atoms with Gasteiger partial charge in [-0.25, -0.2) is 4.98 Å². The summed E-state index contributed by atoms with van der Waals surface area (Å²) < 4.78 is 0. The van der Waals surface area contributed by atoms with Gasteiger partial charge < -0.3 is 10.8 Å². The molecular weight excluding hydrogens is 200 g/mol. The van der Waals surface area contributed by atoms with Gasteiger partial charge in [0.05, 0.1) is 6.10 Å². The van der Waals surface area contributed by atoms with Crippen molar-refractivity contribution in [1.82, 2.24) is 4.98 Å². The standard InChI is InChI=1S/C10H15ClN2O/c1-6(2)8(12)9(14)7-4-3-5-13-10(7)11/h3-6,8-9,14H,12H2,1-2H3. The zero-order chi connectivity index (χ0) is 10.7. The Morgan fingerprint density at radius 2 is 2.14 bits per heavy atom. The maximum atomic E-state index is 9.89. The number of aromatic nitrogens is 1. The third-order valence-corrected chi connectivity index (χ3v) is 2.56. The van der Waals surface area contributed by atoms with E-state index in [0.717, 1.165) is 0 Å². The summed E-state index contributed by atoms with van der Waals surface area (Å²) >= 11 is 5.84. The molecule has 0 aliphatic heterocycles. The van der Waals surface area contributed by atoms with Crippen molar-refractivity contribution in [2.45, 2.75) is 26.0 Å². The van der Waals surface area contributed by atoms with E-state index in [1.807, 2.05) is 13.8 Å². The molecule has 2 atom stereocenters. The first-order valence-electron chi connectivity index (χ1n) is 4.58. The largest absolute Gasteiger partial charge is 0.387 e. The number of hydrogen-bond donors (Lipinski definition) is 2. The maximum absolute atomic E-state index is 9.89. The molecule has 0 spiro atoms. The lowest BCUT2D eigenvalue weighted by molar-refractivity contribution is 0.125. The predicted octanol–water partition coefficient (Wildman–Crippen LogP) is 1.75. The third-order valence-electron chi connectivity index (χ3n) is 2.24. The highest BCUT2D eigenvalue weighted by molar-refractivity contribution is 6.30. The maximum Gasteiger partial charge on any atom is 0.134 e. The van der Waals surface area contributed by atoms with Gasteiger partial charge in [-0.3, -0.25) is 0 Å². The summed E-state index contributed by atoms with van der Waals surface area (Å²) in [4.78, 5) is 3.89. The summed E-state index contributed by atoms with van der Waals surface area (Å²) in [6.45, 7) is 3.91. The minimum atomic E-state index is -0.754. The second-order valence-electron chi connectivity index (χ2n) is 3.65. The zero-order valence-electron chi connectivity index (χ0n) is 8.31. The fourth-order valence-electron chi connectivity index (χ4n) is 1.19. The number of halogens is 1. The predicted molar refractivity (Wildman–Crippen MR) is 57.0 cm³/mol. The number of rotatable bonds is 3. The smallest absolute Gasteiger partial charge is 0.134 e. The SMILES string of the molecule is CC(C)C(N)C(O)c1cccnc1Cl. The van der Waals surface area contributed by atoms with Gasteiger partial charge in [-0.05, 0) is 12.0 Å². The molecule has 4 heteroatoms. The van der Waals surface area contributed by atoms with Crippen LogP contribution in [0.4, 0.5) is 0 Å². The van der Waals surface area contributed by atoms with Gasteiger partial charge in [0, 0.05) is 17.8 Å². The Labute approximate surface area is 88.9 Å². The van der Waals surface area contributed by atoms with Crippen LogP contribution < -0.4 is 5.73 Å². The lowest BCUT2D eigenvalue weighted by atomic mass is 9.95. The van der Waals surface area contributed by atoms with Crippen molar-refractivity contribution in [3.8, 4) is 0 Å². The van der Waals surface area contributed by atoms with Crippen LogP contribution in [-0.4, -0.2) is 16.1 Å². The topological polar surface area (TPSA) is 59.1 Å². The molecule has 1 rings (SSSR count). The highest BCUT2D eigenvalue weighted by atomic mass is 35.5. The fourth-order valence-corrected chi connectivity index (χ4v) is 1.42. The van der Waals surface area contributed by atoms with Crippen molar-refractivity contribution in [3.63, 3.8) is 0 Å². The first-order chi connectivity index (χ1) is 6.54. The summed E-state index contributed by atoms with van der Waals surface area (Å²) in [7, 11) is 0. The average molecular weight is 215 g/mol. The molecule has 0 bridgehead atoms. The number of hydrogen-bond acceptors (Lipinski definition) is 3. The second kappa shape index (κ2) is 4.73. The molecule has 1 aromatic rings. The van der Waals surface area contributed by atoms with Crippen LogP contribution in [0, 0.1) is 5.92 Å². The highest BCUT2D eigenvalue weighted by Gasteiger charge is 2.22. The van der Waals surface area contributed by atoms with Crippen molar-refractivity contribution in [2.24, 2.45) is 11.7 Å². The van der Waals surface area contributed by atoms with Gasteiger partial charge in [-0.1, -0.05) is 31.5 Å². The zero-order valence-corrected chi connectivity index (χ0v) is 9.07. The van der Waals surface area contributed by atoms with E-state index < -0.39 is 6.10 Å². The average Bonchev–Trinajstić information content (AvgIpc) is 2.16. The van der Waals surface area contributed by atoms with E-state index in [4.69, 9.17) is 17.3 Å². The lowest BCUT2D eigenvalue weighted by Gasteiger charge is -2.22. The molecule has 0 saturated heterocycles. The van der Waals surface area contributed by atoms with E-state index in [1.54, 1.807) is 18.3 Å². The summed E-state index contributed by atoms with van der Waals surface area (Å²) in [5, 5.41) is 10.2. The van der Waals surface area contributed by atoms with Crippen molar-refractivity contribution in [2.75, 3.05) is 0 Å². The minimum absolute atomic E-state index is 0.196. The highest BCUT2D eigenvalue weighted by Crippen LogP contribution is 2.24. The molecule has 1 heterocycles. The van der Waals surface area contributed by atoms with E-state index >= 15 is 0 Å². The Kier molecular flexibility index (Phi) is 3.86. The first-order valence-corrected chi connectivity index (χ1v) is 4.96. The molecule has 0 aliphatic carbocycles. The number of aliphatic hydroxyl groups excluding tert-OH is 1. The van der Waals surface area contributed by atoms with Crippen molar-refractivity contribution in [1.29, 1.82) is 0 Å². The van der Waals surface area contributed by atoms with Gasteiger partial charge in [0.15, 0.2) is 0 Å². The van der Waals surface area contributed by atoms with Crippen molar-refractivity contribution < 1.29 is 5.11 Å². The quantitative estimate of drug-likeness (QED) is 0.754. The Balaban J connectivity index is 2.89. The molecule has 0 aliphatic rings. The Hall–Kier alpha value is -0.640. The molecule has 0 aromatic carbocycles. The van der Waals surface area contributed by atoms with Crippen LogP contribution in [0.5, 0.6) is 0 Å². The molecule has 0 radical (unpaired) electrons. The Morgan fingerprint density at radius 1 is 1.50 bits per heavy atom. The van der Waals surface area contributed by atoms with Crippen LogP contribution in [0.3, 0.4) is 0 Å². The van der Waals surface area contributed by atoms with Crippen molar-refractivity contribution >= 4 is 11.6 Å². The van der Waals surface area contributed by atoms with Crippen LogP contribution >= 0.6 is 11.6 Å².